The number of aromatic nitrogens is 2. The van der Waals surface area contributed by atoms with Crippen molar-refractivity contribution in [2.45, 2.75) is 6.42 Å². The largest absolute Gasteiger partial charge is 0.352 e. The Morgan fingerprint density at radius 2 is 1.59 bits per heavy atom. The summed E-state index contributed by atoms with van der Waals surface area (Å²) in [6.45, 7) is 0.616. The molecule has 1 N–H and O–H groups in total. The minimum Gasteiger partial charge on any atom is -0.352 e. The van der Waals surface area contributed by atoms with E-state index < -0.39 is 0 Å². The fraction of sp³-hybridized carbons (Fsp3) is 0.154. The summed E-state index contributed by atoms with van der Waals surface area (Å²) in [5, 5.41) is 2.86. The summed E-state index contributed by atoms with van der Waals surface area (Å²) in [4.78, 5) is 19.5. The van der Waals surface area contributed by atoms with Crippen LogP contribution in [0.4, 0.5) is 0 Å². The molecule has 0 spiro atoms. The van der Waals surface area contributed by atoms with Gasteiger partial charge in [-0.2, -0.15) is 0 Å². The van der Waals surface area contributed by atoms with Crippen molar-refractivity contribution in [3.63, 3.8) is 0 Å². The topological polar surface area (TPSA) is 54.9 Å². The summed E-state index contributed by atoms with van der Waals surface area (Å²) in [6.07, 6.45) is 7.52. The van der Waals surface area contributed by atoms with Crippen LogP contribution in [0.15, 0.2) is 49.1 Å². The van der Waals surface area contributed by atoms with Crippen molar-refractivity contribution in [1.82, 2.24) is 15.3 Å². The Kier molecular flexibility index (Phi) is 3.81. The molecule has 0 aliphatic heterocycles. The van der Waals surface area contributed by atoms with Crippen LogP contribution < -0.4 is 5.32 Å². The highest BCUT2D eigenvalue weighted by atomic mass is 16.1. The van der Waals surface area contributed by atoms with Crippen molar-refractivity contribution in [1.29, 1.82) is 0 Å². The number of nitrogens with zero attached hydrogens (tertiary/aromatic N) is 2. The van der Waals surface area contributed by atoms with E-state index in [0.29, 0.717) is 12.1 Å². The van der Waals surface area contributed by atoms with Crippen molar-refractivity contribution in [2.24, 2.45) is 0 Å². The summed E-state index contributed by atoms with van der Waals surface area (Å²) < 4.78 is 0. The molecule has 0 aromatic carbocycles. The molecule has 0 saturated carbocycles. The zero-order chi connectivity index (χ0) is 11.9. The molecule has 0 radical (unpaired) electrons. The van der Waals surface area contributed by atoms with E-state index in [4.69, 9.17) is 0 Å². The quantitative estimate of drug-likeness (QED) is 0.860. The van der Waals surface area contributed by atoms with Crippen molar-refractivity contribution in [3.8, 4) is 0 Å². The molecule has 0 aliphatic carbocycles. The summed E-state index contributed by atoms with van der Waals surface area (Å²) in [7, 11) is 0. The molecule has 2 heterocycles. The number of rotatable bonds is 4. The first kappa shape index (κ1) is 11.3. The predicted octanol–water partition coefficient (Wildman–Crippen LogP) is 1.45. The lowest BCUT2D eigenvalue weighted by Crippen LogP contribution is -2.25. The Hall–Kier alpha value is -2.23. The van der Waals surface area contributed by atoms with Crippen LogP contribution in [-0.2, 0) is 6.42 Å². The maximum Gasteiger partial charge on any atom is 0.251 e. The predicted molar refractivity (Wildman–Crippen MR) is 64.5 cm³/mol. The van der Waals surface area contributed by atoms with E-state index in [1.807, 2.05) is 12.1 Å². The van der Waals surface area contributed by atoms with E-state index >= 15 is 0 Å². The summed E-state index contributed by atoms with van der Waals surface area (Å²) in [6, 6.07) is 7.28. The van der Waals surface area contributed by atoms with Gasteiger partial charge in [0.15, 0.2) is 0 Å². The van der Waals surface area contributed by atoms with Gasteiger partial charge >= 0.3 is 0 Å². The summed E-state index contributed by atoms with van der Waals surface area (Å²) in [5.41, 5.74) is 1.80. The second kappa shape index (κ2) is 5.75. The van der Waals surface area contributed by atoms with Crippen molar-refractivity contribution >= 4 is 5.91 Å². The molecule has 1 amide bonds. The third-order valence-electron chi connectivity index (χ3n) is 2.39. The van der Waals surface area contributed by atoms with E-state index in [1.165, 1.54) is 0 Å². The van der Waals surface area contributed by atoms with Gasteiger partial charge in [0.1, 0.15) is 0 Å². The number of pyridine rings is 2. The molecule has 0 atom stereocenters. The van der Waals surface area contributed by atoms with Crippen LogP contribution in [0.3, 0.4) is 0 Å². The summed E-state index contributed by atoms with van der Waals surface area (Å²) >= 11 is 0. The van der Waals surface area contributed by atoms with Crippen molar-refractivity contribution < 1.29 is 4.79 Å². The monoisotopic (exact) mass is 227 g/mol. The molecule has 4 heteroatoms. The third-order valence-corrected chi connectivity index (χ3v) is 2.39. The fourth-order valence-electron chi connectivity index (χ4n) is 1.48. The lowest BCUT2D eigenvalue weighted by molar-refractivity contribution is 0.0954. The van der Waals surface area contributed by atoms with Crippen molar-refractivity contribution in [2.75, 3.05) is 6.54 Å². The molecular formula is C13H13N3O. The number of nitrogens with one attached hydrogen (secondary N) is 1. The van der Waals surface area contributed by atoms with Gasteiger partial charge in [0.25, 0.3) is 5.91 Å². The molecule has 4 nitrogen and oxygen atoms in total. The number of carbonyl (C=O) groups excluding carboxylic acids is 1. The van der Waals surface area contributed by atoms with Crippen LogP contribution in [-0.4, -0.2) is 22.4 Å². The first-order valence-electron chi connectivity index (χ1n) is 5.43. The normalized spacial score (nSPS) is 9.88. The molecule has 0 saturated heterocycles. The molecule has 0 fully saturated rings. The molecular weight excluding hydrogens is 214 g/mol. The van der Waals surface area contributed by atoms with E-state index in [2.05, 4.69) is 15.3 Å². The van der Waals surface area contributed by atoms with Gasteiger partial charge in [-0.15, -0.1) is 0 Å². The average Bonchev–Trinajstić information content (AvgIpc) is 2.41. The van der Waals surface area contributed by atoms with Gasteiger partial charge in [-0.25, -0.2) is 0 Å². The minimum atomic E-state index is -0.0681. The number of amides is 1. The van der Waals surface area contributed by atoms with E-state index in [1.54, 1.807) is 36.9 Å². The highest BCUT2D eigenvalue weighted by molar-refractivity contribution is 5.93. The first-order chi connectivity index (χ1) is 8.36. The van der Waals surface area contributed by atoms with Crippen LogP contribution in [0.25, 0.3) is 0 Å². The standard InChI is InChI=1S/C13H13N3O/c17-13(12-4-8-15-9-5-12)16-10-3-11-1-6-14-7-2-11/h1-2,4-9H,3,10H2,(H,16,17). The Morgan fingerprint density at radius 3 is 2.24 bits per heavy atom. The second-order valence-corrected chi connectivity index (χ2v) is 3.60. The Morgan fingerprint density at radius 1 is 1.00 bits per heavy atom. The van der Waals surface area contributed by atoms with Gasteiger partial charge in [0.2, 0.25) is 0 Å². The van der Waals surface area contributed by atoms with Crippen LogP contribution in [0.5, 0.6) is 0 Å². The van der Waals surface area contributed by atoms with E-state index in [0.717, 1.165) is 12.0 Å². The molecule has 0 bridgehead atoms. The SMILES string of the molecule is O=C(NCCc1ccncc1)c1ccncc1. The van der Waals surface area contributed by atoms with Crippen LogP contribution >= 0.6 is 0 Å². The van der Waals surface area contributed by atoms with Gasteiger partial charge in [-0.1, -0.05) is 0 Å². The van der Waals surface area contributed by atoms with Gasteiger partial charge < -0.3 is 5.32 Å². The Balaban J connectivity index is 1.82. The third kappa shape index (κ3) is 3.38. The molecule has 17 heavy (non-hydrogen) atoms. The Bertz CT molecular complexity index is 471. The van der Waals surface area contributed by atoms with E-state index in [9.17, 15) is 4.79 Å². The highest BCUT2D eigenvalue weighted by Crippen LogP contribution is 1.98. The van der Waals surface area contributed by atoms with E-state index in [-0.39, 0.29) is 5.91 Å². The highest BCUT2D eigenvalue weighted by Gasteiger charge is 2.03. The number of carbonyl (C=O) groups is 1. The Labute approximate surface area is 99.7 Å². The first-order valence-corrected chi connectivity index (χ1v) is 5.43. The lowest BCUT2D eigenvalue weighted by Gasteiger charge is -2.04. The van der Waals surface area contributed by atoms with Gasteiger partial charge in [0.05, 0.1) is 0 Å². The molecule has 2 rings (SSSR count). The van der Waals surface area contributed by atoms with Gasteiger partial charge in [-0.3, -0.25) is 14.8 Å². The van der Waals surface area contributed by atoms with Crippen LogP contribution in [0.2, 0.25) is 0 Å². The number of hydrogen-bond donors (Lipinski definition) is 1. The summed E-state index contributed by atoms with van der Waals surface area (Å²) in [5.74, 6) is -0.0681. The van der Waals surface area contributed by atoms with Crippen LogP contribution in [0.1, 0.15) is 15.9 Å². The zero-order valence-corrected chi connectivity index (χ0v) is 9.34. The minimum absolute atomic E-state index is 0.0681. The number of hydrogen-bond acceptors (Lipinski definition) is 3. The second-order valence-electron chi connectivity index (χ2n) is 3.60. The maximum atomic E-state index is 11.7. The van der Waals surface area contributed by atoms with Gasteiger partial charge in [0, 0.05) is 36.9 Å². The lowest BCUT2D eigenvalue weighted by atomic mass is 10.2. The molecule has 0 unspecified atom stereocenters. The molecule has 86 valence electrons. The van der Waals surface area contributed by atoms with Crippen LogP contribution in [0, 0.1) is 0 Å². The average molecular weight is 227 g/mol. The smallest absolute Gasteiger partial charge is 0.251 e. The molecule has 0 aliphatic rings. The maximum absolute atomic E-state index is 11.7. The fourth-order valence-corrected chi connectivity index (χ4v) is 1.48. The van der Waals surface area contributed by atoms with Gasteiger partial charge in [-0.05, 0) is 36.2 Å². The van der Waals surface area contributed by atoms with Crippen molar-refractivity contribution in [3.05, 3.63) is 60.2 Å². The molecule has 2 aromatic heterocycles. The zero-order valence-electron chi connectivity index (χ0n) is 9.34. The molecule has 2 aromatic rings.